The zero-order valence-corrected chi connectivity index (χ0v) is 15.4. The highest BCUT2D eigenvalue weighted by Gasteiger charge is 2.12. The largest absolute Gasteiger partial charge is 0.484 e. The molecule has 4 nitrogen and oxygen atoms in total. The van der Waals surface area contributed by atoms with Crippen molar-refractivity contribution in [2.24, 2.45) is 0 Å². The Balaban J connectivity index is 1.61. The molecule has 2 aromatic carbocycles. The predicted octanol–water partition coefficient (Wildman–Crippen LogP) is 4.90. The van der Waals surface area contributed by atoms with Gasteiger partial charge in [-0.05, 0) is 31.2 Å². The molecule has 3 aromatic rings. The number of aryl methyl sites for hydroxylation is 1. The second kappa shape index (κ2) is 7.59. The fraction of sp³-hybridized carbons (Fsp3) is 0.111. The van der Waals surface area contributed by atoms with Gasteiger partial charge in [0, 0.05) is 14.9 Å². The van der Waals surface area contributed by atoms with E-state index in [0.717, 1.165) is 20.6 Å². The van der Waals surface area contributed by atoms with E-state index in [4.69, 9.17) is 4.74 Å². The average Bonchev–Trinajstić information content (AvgIpc) is 2.95. The molecule has 1 heterocycles. The number of rotatable bonds is 5. The summed E-state index contributed by atoms with van der Waals surface area (Å²) in [5, 5.41) is 3.37. The lowest BCUT2D eigenvalue weighted by atomic mass is 10.1. The summed E-state index contributed by atoms with van der Waals surface area (Å²) in [6.07, 6.45) is 0. The second-order valence-corrected chi connectivity index (χ2v) is 7.20. The van der Waals surface area contributed by atoms with Gasteiger partial charge in [0.15, 0.2) is 11.7 Å². The number of aromatic nitrogens is 1. The minimum absolute atomic E-state index is 0.0546. The van der Waals surface area contributed by atoms with E-state index in [1.54, 1.807) is 12.1 Å². The fourth-order valence-electron chi connectivity index (χ4n) is 2.15. The molecule has 0 unspecified atom stereocenters. The third kappa shape index (κ3) is 4.21. The number of carbonyl (C=O) groups excluding carboxylic acids is 1. The van der Waals surface area contributed by atoms with Crippen LogP contribution >= 0.6 is 27.3 Å². The van der Waals surface area contributed by atoms with Gasteiger partial charge in [0.25, 0.3) is 5.91 Å². The predicted molar refractivity (Wildman–Crippen MR) is 101 cm³/mol. The Bertz CT molecular complexity index is 832. The maximum Gasteiger partial charge on any atom is 0.264 e. The quantitative estimate of drug-likeness (QED) is 0.660. The molecule has 1 aromatic heterocycles. The number of nitrogens with zero attached hydrogens (tertiary/aromatic N) is 1. The van der Waals surface area contributed by atoms with Crippen molar-refractivity contribution in [1.82, 2.24) is 4.98 Å². The summed E-state index contributed by atoms with van der Waals surface area (Å²) < 4.78 is 6.42. The molecule has 122 valence electrons. The molecule has 0 aliphatic carbocycles. The van der Waals surface area contributed by atoms with Crippen molar-refractivity contribution in [1.29, 1.82) is 0 Å². The van der Waals surface area contributed by atoms with Gasteiger partial charge < -0.3 is 4.74 Å². The first-order valence-electron chi connectivity index (χ1n) is 7.33. The summed E-state index contributed by atoms with van der Waals surface area (Å²) in [7, 11) is 0. The van der Waals surface area contributed by atoms with E-state index >= 15 is 0 Å². The van der Waals surface area contributed by atoms with E-state index in [1.165, 1.54) is 11.3 Å². The van der Waals surface area contributed by atoms with Gasteiger partial charge in [-0.3, -0.25) is 10.1 Å². The molecule has 0 radical (unpaired) electrons. The highest BCUT2D eigenvalue weighted by Crippen LogP contribution is 2.30. The van der Waals surface area contributed by atoms with E-state index in [0.29, 0.717) is 10.9 Å². The number of benzene rings is 2. The molecule has 0 aliphatic rings. The number of carbonyl (C=O) groups is 1. The number of anilines is 1. The Morgan fingerprint density at radius 1 is 1.17 bits per heavy atom. The molecule has 24 heavy (non-hydrogen) atoms. The third-order valence-electron chi connectivity index (χ3n) is 3.27. The highest BCUT2D eigenvalue weighted by atomic mass is 79.9. The van der Waals surface area contributed by atoms with Crippen LogP contribution in [-0.4, -0.2) is 17.5 Å². The Labute approximate surface area is 152 Å². The number of hydrogen-bond acceptors (Lipinski definition) is 4. The molecule has 0 saturated heterocycles. The zero-order valence-electron chi connectivity index (χ0n) is 13.0. The lowest BCUT2D eigenvalue weighted by Crippen LogP contribution is -2.20. The minimum Gasteiger partial charge on any atom is -0.484 e. The number of halogens is 1. The summed E-state index contributed by atoms with van der Waals surface area (Å²) in [4.78, 5) is 17.6. The summed E-state index contributed by atoms with van der Waals surface area (Å²) in [5.41, 5.74) is 1.93. The smallest absolute Gasteiger partial charge is 0.264 e. The molecular weight excluding hydrogens is 388 g/mol. The van der Waals surface area contributed by atoms with Gasteiger partial charge in [-0.1, -0.05) is 46.3 Å². The first-order valence-corrected chi connectivity index (χ1v) is 8.94. The van der Waals surface area contributed by atoms with Crippen LogP contribution in [0.2, 0.25) is 0 Å². The van der Waals surface area contributed by atoms with E-state index in [-0.39, 0.29) is 12.5 Å². The summed E-state index contributed by atoms with van der Waals surface area (Å²) in [6, 6.07) is 17.3. The van der Waals surface area contributed by atoms with Gasteiger partial charge in [-0.2, -0.15) is 0 Å². The first kappa shape index (κ1) is 16.7. The van der Waals surface area contributed by atoms with Crippen molar-refractivity contribution in [3.63, 3.8) is 0 Å². The van der Waals surface area contributed by atoms with Crippen molar-refractivity contribution < 1.29 is 9.53 Å². The molecule has 0 aliphatic heterocycles. The van der Waals surface area contributed by atoms with Crippen molar-refractivity contribution in [2.45, 2.75) is 6.92 Å². The van der Waals surface area contributed by atoms with Gasteiger partial charge >= 0.3 is 0 Å². The number of nitrogens with one attached hydrogen (secondary N) is 1. The minimum atomic E-state index is -0.230. The Hall–Kier alpha value is -2.18. The third-order valence-corrected chi connectivity index (χ3v) is 4.69. The lowest BCUT2D eigenvalue weighted by molar-refractivity contribution is -0.118. The molecule has 0 bridgehead atoms. The molecule has 3 rings (SSSR count). The topological polar surface area (TPSA) is 51.2 Å². The first-order chi connectivity index (χ1) is 11.6. The Morgan fingerprint density at radius 2 is 1.88 bits per heavy atom. The van der Waals surface area contributed by atoms with Crippen LogP contribution in [0.4, 0.5) is 5.13 Å². The number of thiazole rings is 1. The molecule has 1 N–H and O–H groups in total. The molecule has 1 amide bonds. The van der Waals surface area contributed by atoms with Crippen LogP contribution in [0, 0.1) is 6.92 Å². The number of hydrogen-bond donors (Lipinski definition) is 1. The van der Waals surface area contributed by atoms with Crippen LogP contribution in [0.3, 0.4) is 0 Å². The van der Waals surface area contributed by atoms with Crippen LogP contribution in [0.25, 0.3) is 11.3 Å². The molecule has 0 spiro atoms. The van der Waals surface area contributed by atoms with E-state index < -0.39 is 0 Å². The summed E-state index contributed by atoms with van der Waals surface area (Å²) in [5.74, 6) is 0.417. The highest BCUT2D eigenvalue weighted by molar-refractivity contribution is 9.10. The van der Waals surface area contributed by atoms with Crippen molar-refractivity contribution in [2.75, 3.05) is 11.9 Å². The van der Waals surface area contributed by atoms with Crippen LogP contribution < -0.4 is 10.1 Å². The van der Waals surface area contributed by atoms with Gasteiger partial charge in [0.2, 0.25) is 0 Å². The molecule has 0 atom stereocenters. The van der Waals surface area contributed by atoms with Gasteiger partial charge in [0.1, 0.15) is 5.75 Å². The number of ether oxygens (including phenoxy) is 1. The summed E-state index contributed by atoms with van der Waals surface area (Å²) >= 11 is 4.81. The van der Waals surface area contributed by atoms with Crippen molar-refractivity contribution in [3.05, 3.63) is 63.9 Å². The maximum absolute atomic E-state index is 12.0. The monoisotopic (exact) mass is 402 g/mol. The summed E-state index contributed by atoms with van der Waals surface area (Å²) in [6.45, 7) is 1.94. The maximum atomic E-state index is 12.0. The van der Waals surface area contributed by atoms with Crippen LogP contribution in [0.5, 0.6) is 5.75 Å². The van der Waals surface area contributed by atoms with Crippen LogP contribution in [-0.2, 0) is 4.79 Å². The standard InChI is InChI=1S/C18H15BrN2O2S/c1-12-17(13-5-3-2-4-6-13)21-18(24-12)20-16(22)11-23-15-9-7-14(19)8-10-15/h2-10H,11H2,1H3,(H,20,21,22). The molecular formula is C18H15BrN2O2S. The molecule has 6 heteroatoms. The normalized spacial score (nSPS) is 10.4. The van der Waals surface area contributed by atoms with Gasteiger partial charge in [-0.25, -0.2) is 4.98 Å². The van der Waals surface area contributed by atoms with Crippen molar-refractivity contribution >= 4 is 38.3 Å². The number of amides is 1. The van der Waals surface area contributed by atoms with Crippen LogP contribution in [0.1, 0.15) is 4.88 Å². The zero-order chi connectivity index (χ0) is 16.9. The Kier molecular flexibility index (Phi) is 5.27. The fourth-order valence-corrected chi connectivity index (χ4v) is 3.27. The van der Waals surface area contributed by atoms with E-state index in [1.807, 2.05) is 49.4 Å². The second-order valence-electron chi connectivity index (χ2n) is 5.08. The van der Waals surface area contributed by atoms with Crippen molar-refractivity contribution in [3.8, 4) is 17.0 Å². The molecule has 0 saturated carbocycles. The van der Waals surface area contributed by atoms with Gasteiger partial charge in [0.05, 0.1) is 5.69 Å². The SMILES string of the molecule is Cc1sc(NC(=O)COc2ccc(Br)cc2)nc1-c1ccccc1. The Morgan fingerprint density at radius 3 is 2.58 bits per heavy atom. The van der Waals surface area contributed by atoms with E-state index in [9.17, 15) is 4.79 Å². The van der Waals surface area contributed by atoms with Crippen LogP contribution in [0.15, 0.2) is 59.1 Å². The lowest BCUT2D eigenvalue weighted by Gasteiger charge is -2.05. The molecule has 0 fully saturated rings. The average molecular weight is 403 g/mol. The van der Waals surface area contributed by atoms with Gasteiger partial charge in [-0.15, -0.1) is 11.3 Å². The van der Waals surface area contributed by atoms with E-state index in [2.05, 4.69) is 26.2 Å².